The zero-order valence-electron chi connectivity index (χ0n) is 11.3. The van der Waals surface area contributed by atoms with Gasteiger partial charge in [0.15, 0.2) is 0 Å². The molecule has 4 heteroatoms. The monoisotopic (exact) mass is 276 g/mol. The van der Waals surface area contributed by atoms with E-state index in [0.717, 1.165) is 25.4 Å². The normalized spacial score (nSPS) is 17.3. The Hall–Kier alpha value is -1.10. The average Bonchev–Trinajstić information content (AvgIpc) is 3.08. The van der Waals surface area contributed by atoms with Gasteiger partial charge in [0.1, 0.15) is 5.76 Å². The summed E-state index contributed by atoms with van der Waals surface area (Å²) in [6, 6.07) is 6.78. The van der Waals surface area contributed by atoms with Crippen LogP contribution < -0.4 is 5.32 Å². The third-order valence-corrected chi connectivity index (χ3v) is 4.80. The molecule has 0 saturated heterocycles. The van der Waals surface area contributed by atoms with Gasteiger partial charge in [0, 0.05) is 30.6 Å². The zero-order valence-corrected chi connectivity index (χ0v) is 12.1. The summed E-state index contributed by atoms with van der Waals surface area (Å²) in [7, 11) is 0. The van der Waals surface area contributed by atoms with Gasteiger partial charge in [0.05, 0.1) is 12.8 Å². The molecule has 1 aliphatic heterocycles. The summed E-state index contributed by atoms with van der Waals surface area (Å²) in [6.45, 7) is 6.39. The minimum Gasteiger partial charge on any atom is -0.468 e. The Kier molecular flexibility index (Phi) is 4.01. The van der Waals surface area contributed by atoms with Gasteiger partial charge in [0.25, 0.3) is 0 Å². The van der Waals surface area contributed by atoms with Gasteiger partial charge in [0.2, 0.25) is 0 Å². The maximum Gasteiger partial charge on any atom is 0.117 e. The molecule has 0 spiro atoms. The highest BCUT2D eigenvalue weighted by Crippen LogP contribution is 2.24. The van der Waals surface area contributed by atoms with E-state index in [2.05, 4.69) is 28.6 Å². The summed E-state index contributed by atoms with van der Waals surface area (Å²) >= 11 is 1.90. The van der Waals surface area contributed by atoms with E-state index in [1.165, 1.54) is 18.5 Å². The Morgan fingerprint density at radius 2 is 2.42 bits per heavy atom. The molecule has 0 fully saturated rings. The van der Waals surface area contributed by atoms with Crippen molar-refractivity contribution in [2.45, 2.75) is 32.5 Å². The molecule has 2 aromatic heterocycles. The third kappa shape index (κ3) is 3.08. The predicted octanol–water partition coefficient (Wildman–Crippen LogP) is 2.88. The molecule has 0 bridgehead atoms. The van der Waals surface area contributed by atoms with Crippen LogP contribution >= 0.6 is 11.3 Å². The number of hydrogen-bond donors (Lipinski definition) is 1. The van der Waals surface area contributed by atoms with Crippen molar-refractivity contribution in [2.24, 2.45) is 0 Å². The second-order valence-corrected chi connectivity index (χ2v) is 6.15. The molecule has 1 atom stereocenters. The van der Waals surface area contributed by atoms with E-state index < -0.39 is 0 Å². The smallest absolute Gasteiger partial charge is 0.117 e. The van der Waals surface area contributed by atoms with Crippen LogP contribution in [0.5, 0.6) is 0 Å². The number of rotatable bonds is 5. The Morgan fingerprint density at radius 3 is 3.26 bits per heavy atom. The van der Waals surface area contributed by atoms with Crippen LogP contribution in [0.1, 0.15) is 23.1 Å². The molecule has 19 heavy (non-hydrogen) atoms. The topological polar surface area (TPSA) is 28.4 Å². The molecule has 102 valence electrons. The lowest BCUT2D eigenvalue weighted by Gasteiger charge is -2.32. The van der Waals surface area contributed by atoms with Crippen molar-refractivity contribution >= 4 is 11.3 Å². The standard InChI is InChI=1S/C15H20N2OS/c1-12(9-16-10-14-3-2-7-18-14)17-6-4-15-13(11-17)5-8-19-15/h2-3,5,7-8,12,16H,4,6,9-11H2,1H3. The van der Waals surface area contributed by atoms with E-state index in [4.69, 9.17) is 4.42 Å². The second-order valence-electron chi connectivity index (χ2n) is 5.15. The maximum atomic E-state index is 5.32. The zero-order chi connectivity index (χ0) is 13.1. The van der Waals surface area contributed by atoms with Crippen molar-refractivity contribution < 1.29 is 4.42 Å². The van der Waals surface area contributed by atoms with Gasteiger partial charge in [-0.05, 0) is 42.5 Å². The number of fused-ring (bicyclic) bond motifs is 1. The van der Waals surface area contributed by atoms with E-state index in [-0.39, 0.29) is 0 Å². The van der Waals surface area contributed by atoms with Crippen LogP contribution in [0.15, 0.2) is 34.3 Å². The number of nitrogens with one attached hydrogen (secondary N) is 1. The predicted molar refractivity (Wildman–Crippen MR) is 78.3 cm³/mol. The molecule has 0 saturated carbocycles. The summed E-state index contributed by atoms with van der Waals surface area (Å²) in [6.07, 6.45) is 2.93. The van der Waals surface area contributed by atoms with Crippen molar-refractivity contribution in [3.8, 4) is 0 Å². The van der Waals surface area contributed by atoms with Crippen LogP contribution in [0.2, 0.25) is 0 Å². The maximum absolute atomic E-state index is 5.32. The first-order valence-electron chi connectivity index (χ1n) is 6.85. The fraction of sp³-hybridized carbons (Fsp3) is 0.467. The SMILES string of the molecule is CC(CNCc1ccco1)N1CCc2sccc2C1. The molecule has 0 amide bonds. The molecule has 3 heterocycles. The van der Waals surface area contributed by atoms with Crippen LogP contribution in [-0.2, 0) is 19.5 Å². The minimum absolute atomic E-state index is 0.558. The first-order valence-corrected chi connectivity index (χ1v) is 7.73. The summed E-state index contributed by atoms with van der Waals surface area (Å²) in [5.41, 5.74) is 1.52. The van der Waals surface area contributed by atoms with Crippen molar-refractivity contribution in [3.05, 3.63) is 46.0 Å². The fourth-order valence-corrected chi connectivity index (χ4v) is 3.48. The molecule has 0 aliphatic carbocycles. The van der Waals surface area contributed by atoms with Gasteiger partial charge >= 0.3 is 0 Å². The van der Waals surface area contributed by atoms with Gasteiger partial charge in [-0.1, -0.05) is 0 Å². The molecule has 3 nitrogen and oxygen atoms in total. The molecule has 1 aliphatic rings. The highest BCUT2D eigenvalue weighted by molar-refractivity contribution is 7.10. The van der Waals surface area contributed by atoms with Crippen molar-refractivity contribution in [1.82, 2.24) is 10.2 Å². The minimum atomic E-state index is 0.558. The van der Waals surface area contributed by atoms with Crippen LogP contribution in [-0.4, -0.2) is 24.0 Å². The molecular formula is C15H20N2OS. The lowest BCUT2D eigenvalue weighted by molar-refractivity contribution is 0.187. The second kappa shape index (κ2) is 5.90. The van der Waals surface area contributed by atoms with Crippen molar-refractivity contribution in [3.63, 3.8) is 0 Å². The molecule has 2 aromatic rings. The van der Waals surface area contributed by atoms with E-state index in [1.807, 2.05) is 23.5 Å². The molecule has 3 rings (SSSR count). The summed E-state index contributed by atoms with van der Waals surface area (Å²) < 4.78 is 5.32. The van der Waals surface area contributed by atoms with Gasteiger partial charge in [-0.3, -0.25) is 4.90 Å². The van der Waals surface area contributed by atoms with Crippen LogP contribution in [0.25, 0.3) is 0 Å². The fourth-order valence-electron chi connectivity index (χ4n) is 2.59. The van der Waals surface area contributed by atoms with E-state index in [0.29, 0.717) is 6.04 Å². The molecule has 0 aromatic carbocycles. The first-order chi connectivity index (χ1) is 9.33. The first kappa shape index (κ1) is 12.9. The van der Waals surface area contributed by atoms with Crippen LogP contribution in [0, 0.1) is 0 Å². The Bertz CT molecular complexity index is 506. The van der Waals surface area contributed by atoms with Crippen molar-refractivity contribution in [1.29, 1.82) is 0 Å². The quantitative estimate of drug-likeness (QED) is 0.910. The average molecular weight is 276 g/mol. The van der Waals surface area contributed by atoms with E-state index >= 15 is 0 Å². The summed E-state index contributed by atoms with van der Waals surface area (Å²) in [5, 5.41) is 5.69. The highest BCUT2D eigenvalue weighted by atomic mass is 32.1. The molecule has 0 radical (unpaired) electrons. The Balaban J connectivity index is 1.47. The molecular weight excluding hydrogens is 256 g/mol. The van der Waals surface area contributed by atoms with Gasteiger partial charge in [-0.2, -0.15) is 0 Å². The van der Waals surface area contributed by atoms with E-state index in [1.54, 1.807) is 11.1 Å². The largest absolute Gasteiger partial charge is 0.468 e. The lowest BCUT2D eigenvalue weighted by Crippen LogP contribution is -2.42. The highest BCUT2D eigenvalue weighted by Gasteiger charge is 2.20. The van der Waals surface area contributed by atoms with E-state index in [9.17, 15) is 0 Å². The van der Waals surface area contributed by atoms with Gasteiger partial charge in [-0.25, -0.2) is 0 Å². The summed E-state index contributed by atoms with van der Waals surface area (Å²) in [5.74, 6) is 1.01. The van der Waals surface area contributed by atoms with Crippen LogP contribution in [0.3, 0.4) is 0 Å². The van der Waals surface area contributed by atoms with Crippen molar-refractivity contribution in [2.75, 3.05) is 13.1 Å². The Morgan fingerprint density at radius 1 is 1.47 bits per heavy atom. The third-order valence-electron chi connectivity index (χ3n) is 3.78. The molecule has 1 N–H and O–H groups in total. The number of hydrogen-bond acceptors (Lipinski definition) is 4. The lowest BCUT2D eigenvalue weighted by atomic mass is 10.1. The number of thiophene rings is 1. The molecule has 1 unspecified atom stereocenters. The van der Waals surface area contributed by atoms with Gasteiger partial charge < -0.3 is 9.73 Å². The summed E-state index contributed by atoms with van der Waals surface area (Å²) in [4.78, 5) is 4.14. The number of furan rings is 1. The Labute approximate surface area is 118 Å². The number of nitrogens with zero attached hydrogens (tertiary/aromatic N) is 1. The van der Waals surface area contributed by atoms with Gasteiger partial charge in [-0.15, -0.1) is 11.3 Å². The van der Waals surface area contributed by atoms with Crippen LogP contribution in [0.4, 0.5) is 0 Å².